The van der Waals surface area contributed by atoms with Crippen molar-refractivity contribution in [2.75, 3.05) is 13.1 Å². The molecule has 1 aliphatic heterocycles. The topological polar surface area (TPSA) is 57.8 Å². The highest BCUT2D eigenvalue weighted by molar-refractivity contribution is 5.74. The van der Waals surface area contributed by atoms with E-state index in [1.165, 1.54) is 6.42 Å². The summed E-state index contributed by atoms with van der Waals surface area (Å²) in [5.74, 6) is 0.739. The van der Waals surface area contributed by atoms with Gasteiger partial charge in [-0.05, 0) is 37.1 Å². The highest BCUT2D eigenvalue weighted by Gasteiger charge is 2.59. The zero-order valence-corrected chi connectivity index (χ0v) is 9.36. The second kappa shape index (κ2) is 2.96. The molecule has 1 saturated heterocycles. The Kier molecular flexibility index (Phi) is 1.63. The molecule has 1 saturated carbocycles. The fourth-order valence-electron chi connectivity index (χ4n) is 3.04. The lowest BCUT2D eigenvalue weighted by Crippen LogP contribution is -2.20. The number of aromatic amines is 1. The first-order valence-corrected chi connectivity index (χ1v) is 5.99. The van der Waals surface area contributed by atoms with Gasteiger partial charge in [0.25, 0.3) is 0 Å². The molecule has 4 rings (SSSR count). The van der Waals surface area contributed by atoms with Crippen LogP contribution in [0.15, 0.2) is 29.1 Å². The van der Waals surface area contributed by atoms with Crippen LogP contribution in [0.5, 0.6) is 0 Å². The smallest absolute Gasteiger partial charge is 0.249 e. The summed E-state index contributed by atoms with van der Waals surface area (Å²) >= 11 is 0. The third kappa shape index (κ3) is 1.21. The number of hydrogen-bond acceptors (Lipinski definition) is 3. The number of H-pyrrole nitrogens is 1. The Hall–Kier alpha value is -1.68. The van der Waals surface area contributed by atoms with Gasteiger partial charge in [0, 0.05) is 23.4 Å². The lowest BCUT2D eigenvalue weighted by atomic mass is 10.0. The van der Waals surface area contributed by atoms with Crippen molar-refractivity contribution < 1.29 is 0 Å². The highest BCUT2D eigenvalue weighted by atomic mass is 16.1. The fraction of sp³-hybridized carbons (Fsp3) is 0.385. The molecule has 2 fully saturated rings. The molecule has 86 valence electrons. The average molecular weight is 227 g/mol. The Labute approximate surface area is 98.1 Å². The van der Waals surface area contributed by atoms with Gasteiger partial charge in [-0.1, -0.05) is 0 Å². The molecular weight excluding hydrogens is 214 g/mol. The number of fused-ring (bicyclic) bond motifs is 2. The van der Waals surface area contributed by atoms with Crippen LogP contribution in [0, 0.1) is 5.92 Å². The summed E-state index contributed by atoms with van der Waals surface area (Å²) in [7, 11) is 0. The standard InChI is InChI=1S/C13H13N3O/c17-11-4-2-8-1-3-10(15-12(8)16-11)13-5-9(13)6-14-7-13/h1-4,9,14H,5-7H2,(H,15,16,17). The molecule has 2 N–H and O–H groups in total. The van der Waals surface area contributed by atoms with Crippen molar-refractivity contribution in [1.29, 1.82) is 0 Å². The van der Waals surface area contributed by atoms with Crippen molar-refractivity contribution in [3.05, 3.63) is 40.3 Å². The van der Waals surface area contributed by atoms with Crippen LogP contribution in [-0.2, 0) is 5.41 Å². The van der Waals surface area contributed by atoms with Gasteiger partial charge in [-0.25, -0.2) is 4.98 Å². The van der Waals surface area contributed by atoms with Crippen molar-refractivity contribution >= 4 is 11.0 Å². The van der Waals surface area contributed by atoms with E-state index in [-0.39, 0.29) is 11.0 Å². The molecule has 0 amide bonds. The van der Waals surface area contributed by atoms with E-state index >= 15 is 0 Å². The highest BCUT2D eigenvalue weighted by Crippen LogP contribution is 2.55. The first kappa shape index (κ1) is 9.36. The molecule has 1 aliphatic carbocycles. The quantitative estimate of drug-likeness (QED) is 0.757. The SMILES string of the molecule is O=c1ccc2ccc(C34CNCC3C4)nc2[nH]1. The molecule has 4 heteroatoms. The minimum absolute atomic E-state index is 0.0865. The molecular formula is C13H13N3O. The van der Waals surface area contributed by atoms with Crippen molar-refractivity contribution in [2.24, 2.45) is 5.92 Å². The average Bonchev–Trinajstić information content (AvgIpc) is 2.91. The van der Waals surface area contributed by atoms with E-state index in [2.05, 4.69) is 27.4 Å². The number of nitrogens with one attached hydrogen (secondary N) is 2. The maximum atomic E-state index is 11.3. The molecule has 4 nitrogen and oxygen atoms in total. The van der Waals surface area contributed by atoms with Crippen LogP contribution in [0.25, 0.3) is 11.0 Å². The first-order valence-electron chi connectivity index (χ1n) is 5.99. The zero-order chi connectivity index (χ0) is 11.5. The van der Waals surface area contributed by atoms with Crippen molar-refractivity contribution in [3.63, 3.8) is 0 Å². The summed E-state index contributed by atoms with van der Waals surface area (Å²) in [6.45, 7) is 2.12. The first-order chi connectivity index (χ1) is 8.28. The molecule has 0 aromatic carbocycles. The lowest BCUT2D eigenvalue weighted by Gasteiger charge is -2.11. The number of aromatic nitrogens is 2. The molecule has 0 spiro atoms. The summed E-state index contributed by atoms with van der Waals surface area (Å²) in [5.41, 5.74) is 2.00. The molecule has 17 heavy (non-hydrogen) atoms. The van der Waals surface area contributed by atoms with E-state index in [9.17, 15) is 4.79 Å². The number of rotatable bonds is 1. The minimum atomic E-state index is -0.0865. The Morgan fingerprint density at radius 3 is 2.94 bits per heavy atom. The van der Waals surface area contributed by atoms with Gasteiger partial charge in [0.15, 0.2) is 0 Å². The molecule has 0 bridgehead atoms. The third-order valence-electron chi connectivity index (χ3n) is 4.16. The van der Waals surface area contributed by atoms with Gasteiger partial charge in [0.05, 0.1) is 5.69 Å². The third-order valence-corrected chi connectivity index (χ3v) is 4.16. The van der Waals surface area contributed by atoms with Crippen LogP contribution in [-0.4, -0.2) is 23.1 Å². The van der Waals surface area contributed by atoms with E-state index in [1.807, 2.05) is 6.07 Å². The minimum Gasteiger partial charge on any atom is -0.315 e. The summed E-state index contributed by atoms with van der Waals surface area (Å²) < 4.78 is 0. The Morgan fingerprint density at radius 2 is 2.18 bits per heavy atom. The summed E-state index contributed by atoms with van der Waals surface area (Å²) in [6, 6.07) is 7.52. The van der Waals surface area contributed by atoms with E-state index in [4.69, 9.17) is 0 Å². The van der Waals surface area contributed by atoms with Crippen molar-refractivity contribution in [2.45, 2.75) is 11.8 Å². The molecule has 2 aromatic rings. The Balaban J connectivity index is 1.90. The maximum absolute atomic E-state index is 11.3. The summed E-state index contributed by atoms with van der Waals surface area (Å²) in [5, 5.41) is 4.40. The van der Waals surface area contributed by atoms with E-state index in [0.717, 1.165) is 30.1 Å². The molecule has 2 aromatic heterocycles. The normalized spacial score (nSPS) is 30.5. The van der Waals surface area contributed by atoms with Crippen molar-refractivity contribution in [1.82, 2.24) is 15.3 Å². The lowest BCUT2D eigenvalue weighted by molar-refractivity contribution is 0.659. The largest absolute Gasteiger partial charge is 0.315 e. The van der Waals surface area contributed by atoms with Gasteiger partial charge in [-0.2, -0.15) is 0 Å². The monoisotopic (exact) mass is 227 g/mol. The maximum Gasteiger partial charge on any atom is 0.249 e. The van der Waals surface area contributed by atoms with Gasteiger partial charge >= 0.3 is 0 Å². The molecule has 0 radical (unpaired) electrons. The van der Waals surface area contributed by atoms with Crippen LogP contribution in [0.4, 0.5) is 0 Å². The van der Waals surface area contributed by atoms with Gasteiger partial charge in [-0.3, -0.25) is 4.79 Å². The van der Waals surface area contributed by atoms with Crippen LogP contribution < -0.4 is 10.9 Å². The van der Waals surface area contributed by atoms with E-state index < -0.39 is 0 Å². The number of piperidine rings is 1. The van der Waals surface area contributed by atoms with Gasteiger partial charge in [-0.15, -0.1) is 0 Å². The summed E-state index contributed by atoms with van der Waals surface area (Å²) in [4.78, 5) is 18.7. The number of nitrogens with zero attached hydrogens (tertiary/aromatic N) is 1. The molecule has 3 heterocycles. The van der Waals surface area contributed by atoms with E-state index in [0.29, 0.717) is 5.65 Å². The second-order valence-electron chi connectivity index (χ2n) is 5.14. The number of pyridine rings is 2. The van der Waals surface area contributed by atoms with Crippen LogP contribution in [0.3, 0.4) is 0 Å². The van der Waals surface area contributed by atoms with Gasteiger partial charge in [0.1, 0.15) is 5.65 Å². The Morgan fingerprint density at radius 1 is 1.29 bits per heavy atom. The predicted molar refractivity (Wildman–Crippen MR) is 65.0 cm³/mol. The zero-order valence-electron chi connectivity index (χ0n) is 9.36. The molecule has 2 unspecified atom stereocenters. The van der Waals surface area contributed by atoms with Crippen LogP contribution in [0.2, 0.25) is 0 Å². The Bertz CT molecular complexity index is 663. The van der Waals surface area contributed by atoms with Gasteiger partial charge < -0.3 is 10.3 Å². The predicted octanol–water partition coefficient (Wildman–Crippen LogP) is 0.784. The fourth-order valence-corrected chi connectivity index (χ4v) is 3.04. The second-order valence-corrected chi connectivity index (χ2v) is 5.14. The van der Waals surface area contributed by atoms with E-state index in [1.54, 1.807) is 6.07 Å². The van der Waals surface area contributed by atoms with Crippen LogP contribution >= 0.6 is 0 Å². The summed E-state index contributed by atoms with van der Waals surface area (Å²) in [6.07, 6.45) is 1.23. The van der Waals surface area contributed by atoms with Gasteiger partial charge in [0.2, 0.25) is 5.56 Å². The molecule has 2 aliphatic rings. The van der Waals surface area contributed by atoms with Crippen molar-refractivity contribution in [3.8, 4) is 0 Å². The van der Waals surface area contributed by atoms with Crippen LogP contribution in [0.1, 0.15) is 12.1 Å². The number of hydrogen-bond donors (Lipinski definition) is 2. The molecule has 2 atom stereocenters.